The van der Waals surface area contributed by atoms with E-state index in [9.17, 15) is 30.3 Å². The van der Waals surface area contributed by atoms with Gasteiger partial charge >= 0.3 is 5.97 Å². The van der Waals surface area contributed by atoms with Gasteiger partial charge in [-0.3, -0.25) is 4.90 Å². The van der Waals surface area contributed by atoms with E-state index in [4.69, 9.17) is 18.9 Å². The van der Waals surface area contributed by atoms with Crippen molar-refractivity contribution in [2.75, 3.05) is 26.9 Å². The molecule has 0 saturated carbocycles. The highest BCUT2D eigenvalue weighted by Crippen LogP contribution is 2.51. The molecule has 4 aliphatic rings. The first-order chi connectivity index (χ1) is 18.9. The summed E-state index contributed by atoms with van der Waals surface area (Å²) in [5.41, 5.74) is 3.64. The van der Waals surface area contributed by atoms with Gasteiger partial charge in [0.2, 0.25) is 6.29 Å². The minimum absolute atomic E-state index is 0.112. The molecule has 0 bridgehead atoms. The summed E-state index contributed by atoms with van der Waals surface area (Å²) in [5, 5.41) is 52.4. The maximum atomic E-state index is 12.8. The third-order valence-electron chi connectivity index (χ3n) is 8.78. The van der Waals surface area contributed by atoms with Crippen LogP contribution in [0.5, 0.6) is 0 Å². The van der Waals surface area contributed by atoms with Gasteiger partial charge in [0.25, 0.3) is 0 Å². The van der Waals surface area contributed by atoms with Crippen molar-refractivity contribution in [3.8, 4) is 0 Å². The molecular formula is C27H34N2O10. The summed E-state index contributed by atoms with van der Waals surface area (Å²) in [7, 11) is 1.30. The number of H-pyrrole nitrogens is 1. The van der Waals surface area contributed by atoms with E-state index >= 15 is 0 Å². The van der Waals surface area contributed by atoms with Crippen LogP contribution < -0.4 is 0 Å². The SMILES string of the molecule is COC(=O)C1=CO[C@@H](O[C@@H]2O[C@H](CO)[C@@H](O)[C@H](O)[C@H]2O)C2C1C[C@@H]1c3[nH]c4ccccc4c3CCN1C2CO. The number of ether oxygens (including phenoxy) is 4. The Balaban J connectivity index is 1.35. The lowest BCUT2D eigenvalue weighted by Crippen LogP contribution is -2.63. The minimum Gasteiger partial charge on any atom is -0.471 e. The van der Waals surface area contributed by atoms with Crippen LogP contribution in [0.2, 0.25) is 0 Å². The molecule has 4 aliphatic heterocycles. The van der Waals surface area contributed by atoms with E-state index < -0.39 is 67.4 Å². The molecule has 1 aromatic carbocycles. The molecule has 2 aromatic rings. The van der Waals surface area contributed by atoms with Crippen molar-refractivity contribution < 1.29 is 49.3 Å². The molecule has 2 saturated heterocycles. The first-order valence-electron chi connectivity index (χ1n) is 13.2. The molecule has 10 atom stereocenters. The molecule has 212 valence electrons. The fraction of sp³-hybridized carbons (Fsp3) is 0.593. The molecule has 6 rings (SSSR count). The summed E-state index contributed by atoms with van der Waals surface area (Å²) < 4.78 is 22.5. The van der Waals surface area contributed by atoms with Crippen molar-refractivity contribution in [1.82, 2.24) is 9.88 Å². The monoisotopic (exact) mass is 546 g/mol. The summed E-state index contributed by atoms with van der Waals surface area (Å²) in [6, 6.07) is 7.51. The number of carbonyl (C=O) groups excluding carboxylic acids is 1. The van der Waals surface area contributed by atoms with Gasteiger partial charge in [0.15, 0.2) is 6.29 Å². The van der Waals surface area contributed by atoms with Crippen LogP contribution in [-0.2, 0) is 30.2 Å². The number of nitrogens with zero attached hydrogens (tertiary/aromatic N) is 1. The first-order valence-corrected chi connectivity index (χ1v) is 13.2. The number of hydrogen-bond donors (Lipinski definition) is 6. The molecule has 0 radical (unpaired) electrons. The number of hydrogen-bond acceptors (Lipinski definition) is 11. The maximum Gasteiger partial charge on any atom is 0.337 e. The molecule has 0 amide bonds. The van der Waals surface area contributed by atoms with Gasteiger partial charge in [0.1, 0.15) is 24.4 Å². The Labute approximate surface area is 224 Å². The maximum absolute atomic E-state index is 12.8. The molecule has 1 aromatic heterocycles. The predicted molar refractivity (Wildman–Crippen MR) is 134 cm³/mol. The number of rotatable bonds is 5. The van der Waals surface area contributed by atoms with Gasteiger partial charge in [-0.1, -0.05) is 18.2 Å². The van der Waals surface area contributed by atoms with Crippen molar-refractivity contribution >= 4 is 16.9 Å². The highest BCUT2D eigenvalue weighted by molar-refractivity contribution is 5.89. The number of piperidine rings is 1. The van der Waals surface area contributed by atoms with Gasteiger partial charge in [0.05, 0.1) is 38.2 Å². The second kappa shape index (κ2) is 10.5. The van der Waals surface area contributed by atoms with Crippen molar-refractivity contribution in [2.24, 2.45) is 11.8 Å². The van der Waals surface area contributed by atoms with Crippen LogP contribution >= 0.6 is 0 Å². The molecule has 39 heavy (non-hydrogen) atoms. The molecule has 2 fully saturated rings. The number of methoxy groups -OCH3 is 1. The zero-order chi connectivity index (χ0) is 27.4. The Hall–Kier alpha value is -2.55. The Morgan fingerprint density at radius 2 is 1.90 bits per heavy atom. The van der Waals surface area contributed by atoms with E-state index in [1.807, 2.05) is 18.2 Å². The van der Waals surface area contributed by atoms with Crippen LogP contribution in [-0.4, -0.2) is 111 Å². The molecule has 12 heteroatoms. The van der Waals surface area contributed by atoms with Gasteiger partial charge in [-0.25, -0.2) is 4.79 Å². The number of para-hydroxylation sites is 1. The zero-order valence-electron chi connectivity index (χ0n) is 21.4. The normalized spacial score (nSPS) is 38.3. The standard InChI is InChI=1S/C27H34N2O10/c1-36-25(35)15-11-37-26(39-27-24(34)23(33)22(32)19(10-31)38-27)20-14(15)8-17-21-13(6-7-29(17)18(20)9-30)12-4-2-3-5-16(12)28-21/h2-5,11,14,17-20,22-24,26-28,30-34H,6-10H2,1H3/t14?,17-,18?,19-,20?,22-,23+,24-,26+,27+/m1/s1. The second-order valence-corrected chi connectivity index (χ2v) is 10.6. The quantitative estimate of drug-likeness (QED) is 0.262. The highest BCUT2D eigenvalue weighted by Gasteiger charge is 2.55. The Morgan fingerprint density at radius 3 is 2.64 bits per heavy atom. The van der Waals surface area contributed by atoms with Gasteiger partial charge in [-0.15, -0.1) is 0 Å². The number of fused-ring (bicyclic) bond motifs is 6. The molecule has 6 N–H and O–H groups in total. The third-order valence-corrected chi connectivity index (χ3v) is 8.78. The number of esters is 1. The number of carbonyl (C=O) groups is 1. The lowest BCUT2D eigenvalue weighted by atomic mass is 9.70. The average molecular weight is 547 g/mol. The first kappa shape index (κ1) is 26.7. The number of aliphatic hydroxyl groups is 5. The number of nitrogens with one attached hydrogen (secondary N) is 1. The van der Waals surface area contributed by atoms with Crippen LogP contribution in [0.15, 0.2) is 36.1 Å². The number of aromatic nitrogens is 1. The fourth-order valence-electron chi connectivity index (χ4n) is 6.88. The van der Waals surface area contributed by atoms with Gasteiger partial charge in [0, 0.05) is 41.0 Å². The van der Waals surface area contributed by atoms with E-state index in [1.165, 1.54) is 18.9 Å². The van der Waals surface area contributed by atoms with E-state index in [-0.39, 0.29) is 12.6 Å². The topological polar surface area (TPSA) is 174 Å². The Morgan fingerprint density at radius 1 is 1.10 bits per heavy atom. The highest BCUT2D eigenvalue weighted by atomic mass is 16.8. The molecule has 0 spiro atoms. The van der Waals surface area contributed by atoms with Crippen molar-refractivity contribution in [3.05, 3.63) is 47.4 Å². The van der Waals surface area contributed by atoms with Gasteiger partial charge in [-0.05, 0) is 24.5 Å². The van der Waals surface area contributed by atoms with Gasteiger partial charge < -0.3 is 49.5 Å². The lowest BCUT2D eigenvalue weighted by molar-refractivity contribution is -0.346. The summed E-state index contributed by atoms with van der Waals surface area (Å²) in [6.45, 7) is -0.187. The van der Waals surface area contributed by atoms with Crippen LogP contribution in [0, 0.1) is 11.8 Å². The minimum atomic E-state index is -1.62. The average Bonchev–Trinajstić information content (AvgIpc) is 3.35. The largest absolute Gasteiger partial charge is 0.471 e. The van der Waals surface area contributed by atoms with Crippen LogP contribution in [0.1, 0.15) is 23.7 Å². The van der Waals surface area contributed by atoms with E-state index in [0.717, 1.165) is 23.0 Å². The molecule has 0 aliphatic carbocycles. The fourth-order valence-corrected chi connectivity index (χ4v) is 6.88. The molecule has 3 unspecified atom stereocenters. The van der Waals surface area contributed by atoms with E-state index in [0.29, 0.717) is 18.5 Å². The second-order valence-electron chi connectivity index (χ2n) is 10.6. The predicted octanol–water partition coefficient (Wildman–Crippen LogP) is -0.706. The van der Waals surface area contributed by atoms with Crippen LogP contribution in [0.4, 0.5) is 0 Å². The van der Waals surface area contributed by atoms with Crippen molar-refractivity contribution in [2.45, 2.75) is 61.9 Å². The zero-order valence-corrected chi connectivity index (χ0v) is 21.4. The Bertz CT molecular complexity index is 1250. The number of benzene rings is 1. The summed E-state index contributed by atoms with van der Waals surface area (Å²) in [4.78, 5) is 18.6. The molecule has 12 nitrogen and oxygen atoms in total. The van der Waals surface area contributed by atoms with Crippen molar-refractivity contribution in [1.29, 1.82) is 0 Å². The summed E-state index contributed by atoms with van der Waals surface area (Å²) >= 11 is 0. The summed E-state index contributed by atoms with van der Waals surface area (Å²) in [5.74, 6) is -1.55. The Kier molecular flexibility index (Phi) is 7.14. The van der Waals surface area contributed by atoms with Crippen LogP contribution in [0.3, 0.4) is 0 Å². The van der Waals surface area contributed by atoms with E-state index in [1.54, 1.807) is 0 Å². The molecular weight excluding hydrogens is 512 g/mol. The lowest BCUT2D eigenvalue weighted by Gasteiger charge is -2.54. The summed E-state index contributed by atoms with van der Waals surface area (Å²) in [6.07, 6.45) is -5.86. The third kappa shape index (κ3) is 4.26. The molecule has 5 heterocycles. The van der Waals surface area contributed by atoms with Gasteiger partial charge in [-0.2, -0.15) is 0 Å². The number of aliphatic hydroxyl groups excluding tert-OH is 5. The van der Waals surface area contributed by atoms with E-state index in [2.05, 4.69) is 16.0 Å². The van der Waals surface area contributed by atoms with Crippen LogP contribution in [0.25, 0.3) is 10.9 Å². The van der Waals surface area contributed by atoms with Crippen molar-refractivity contribution in [3.63, 3.8) is 0 Å². The smallest absolute Gasteiger partial charge is 0.337 e. The number of aromatic amines is 1.